The van der Waals surface area contributed by atoms with Crippen LogP contribution in [0.25, 0.3) is 0 Å². The van der Waals surface area contributed by atoms with Crippen LogP contribution in [0.2, 0.25) is 0 Å². The molecule has 1 aliphatic rings. The van der Waals surface area contributed by atoms with Crippen LogP contribution in [0.1, 0.15) is 146 Å². The number of rotatable bonds is 28. The number of carbonyl (C=O) groups excluding carboxylic acids is 5. The van der Waals surface area contributed by atoms with E-state index in [2.05, 4.69) is 34.4 Å². The fourth-order valence-corrected chi connectivity index (χ4v) is 7.72. The molecule has 1 fully saturated rings. The molecule has 0 bridgehead atoms. The van der Waals surface area contributed by atoms with Crippen molar-refractivity contribution in [3.8, 4) is 0 Å². The highest BCUT2D eigenvalue weighted by molar-refractivity contribution is 5.95. The zero-order chi connectivity index (χ0) is 48.1. The molecule has 0 spiro atoms. The Hall–Kier alpha value is -4.02. The molecule has 0 aliphatic heterocycles. The van der Waals surface area contributed by atoms with Crippen molar-refractivity contribution in [3.63, 3.8) is 0 Å². The van der Waals surface area contributed by atoms with E-state index in [0.717, 1.165) is 38.5 Å². The van der Waals surface area contributed by atoms with Gasteiger partial charge in [0.05, 0.1) is 36.9 Å². The molecule has 0 aromatic rings. The Morgan fingerprint density at radius 3 is 1.97 bits per heavy atom. The molecule has 8 atom stereocenters. The summed E-state index contributed by atoms with van der Waals surface area (Å²) in [5.74, 6) is -4.69. The van der Waals surface area contributed by atoms with Gasteiger partial charge in [-0.25, -0.2) is 9.59 Å². The average Bonchev–Trinajstić information content (AvgIpc) is 3.17. The van der Waals surface area contributed by atoms with Gasteiger partial charge in [0.1, 0.15) is 23.7 Å². The number of alkyl carbamates (subject to hydrolysis) is 1. The zero-order valence-corrected chi connectivity index (χ0v) is 40.4. The third-order valence-electron chi connectivity index (χ3n) is 10.7. The molecule has 5 amide bonds. The van der Waals surface area contributed by atoms with Crippen molar-refractivity contribution >= 4 is 35.7 Å². The Morgan fingerprint density at radius 2 is 1.44 bits per heavy atom. The lowest BCUT2D eigenvalue weighted by molar-refractivity contribution is -0.150. The Bertz CT molecular complexity index is 1470. The summed E-state index contributed by atoms with van der Waals surface area (Å²) in [6.07, 6.45) is 9.55. The fraction of sp³-hybridized carbons (Fsp3) is 0.787. The van der Waals surface area contributed by atoms with Crippen molar-refractivity contribution in [3.05, 3.63) is 25.3 Å². The van der Waals surface area contributed by atoms with Crippen molar-refractivity contribution in [2.24, 2.45) is 23.5 Å². The van der Waals surface area contributed by atoms with Gasteiger partial charge in [0.2, 0.25) is 23.6 Å². The summed E-state index contributed by atoms with van der Waals surface area (Å²) in [5, 5.41) is 20.8. The van der Waals surface area contributed by atoms with Crippen molar-refractivity contribution in [1.29, 1.82) is 0 Å². The molecule has 7 N–H and O–H groups in total. The highest BCUT2D eigenvalue weighted by atomic mass is 16.6. The van der Waals surface area contributed by atoms with Gasteiger partial charge in [0.25, 0.3) is 0 Å². The number of carboxylic acid groups (broad SMARTS) is 1. The molecular weight excluding hydrogens is 809 g/mol. The number of carbonyl (C=O) groups is 6. The van der Waals surface area contributed by atoms with E-state index in [1.54, 1.807) is 54.7 Å². The highest BCUT2D eigenvalue weighted by Gasteiger charge is 2.40. The van der Waals surface area contributed by atoms with Crippen LogP contribution in [0.5, 0.6) is 0 Å². The number of hydrogen-bond donors (Lipinski definition) is 6. The van der Waals surface area contributed by atoms with Gasteiger partial charge in [-0.1, -0.05) is 51.7 Å². The first kappa shape index (κ1) is 57.0. The van der Waals surface area contributed by atoms with E-state index in [4.69, 9.17) is 19.9 Å². The summed E-state index contributed by atoms with van der Waals surface area (Å²) < 4.78 is 17.5. The summed E-state index contributed by atoms with van der Waals surface area (Å²) in [7, 11) is 1.61. The predicted octanol–water partition coefficient (Wildman–Crippen LogP) is 5.77. The predicted molar refractivity (Wildman–Crippen MR) is 246 cm³/mol. The number of carboxylic acids is 1. The maximum Gasteiger partial charge on any atom is 0.407 e. The van der Waals surface area contributed by atoms with E-state index >= 15 is 0 Å². The van der Waals surface area contributed by atoms with Gasteiger partial charge < -0.3 is 51.2 Å². The number of amides is 5. The molecule has 0 saturated heterocycles. The van der Waals surface area contributed by atoms with E-state index in [-0.39, 0.29) is 30.4 Å². The molecule has 362 valence electrons. The largest absolute Gasteiger partial charge is 0.480 e. The third-order valence-corrected chi connectivity index (χ3v) is 10.7. The van der Waals surface area contributed by atoms with Crippen LogP contribution in [-0.4, -0.2) is 120 Å². The van der Waals surface area contributed by atoms with Crippen LogP contribution in [0.4, 0.5) is 4.79 Å². The highest BCUT2D eigenvalue weighted by Crippen LogP contribution is 2.29. The first-order chi connectivity index (χ1) is 29.3. The van der Waals surface area contributed by atoms with Gasteiger partial charge in [-0.05, 0) is 119 Å². The molecule has 0 aromatic heterocycles. The number of nitrogens with two attached hydrogens (primary N) is 1. The molecular formula is C47H84N6O10. The first-order valence-electron chi connectivity index (χ1n) is 23.0. The van der Waals surface area contributed by atoms with Crippen LogP contribution < -0.4 is 27.0 Å². The topological polar surface area (TPSA) is 228 Å². The standard InChI is InChI=1S/C47H84N6O10/c1-14-16-18-22-26-37(61-29-31(5)48)34(25-17-15-2)43(57)53(13)36(27-30(3)4)41(55)52-39(33-23-20-19-21-24-33)42(56)50-35(28-49-45(60)63-47(10,11)12)40(54)51-38(44(58)59)32(6)62-46(7,8)9/h14-15,30-39H,1-2,16-29,48H2,3-13H3,(H,49,60)(H,50,56)(H,51,54)(H,52,55)(H,58,59)/t31-,32+,34-,35+,36+,37-,38+,39?/m1/s1. The minimum Gasteiger partial charge on any atom is -0.480 e. The van der Waals surface area contributed by atoms with E-state index in [9.17, 15) is 33.9 Å². The molecule has 1 unspecified atom stereocenters. The van der Waals surface area contributed by atoms with Crippen LogP contribution >= 0.6 is 0 Å². The van der Waals surface area contributed by atoms with Crippen LogP contribution in [0.3, 0.4) is 0 Å². The van der Waals surface area contributed by atoms with Gasteiger partial charge in [0.15, 0.2) is 6.04 Å². The van der Waals surface area contributed by atoms with Gasteiger partial charge in [0, 0.05) is 13.1 Å². The smallest absolute Gasteiger partial charge is 0.407 e. The molecule has 1 saturated carbocycles. The molecule has 16 nitrogen and oxygen atoms in total. The lowest BCUT2D eigenvalue weighted by Crippen LogP contribution is -2.62. The van der Waals surface area contributed by atoms with E-state index in [1.807, 2.05) is 26.8 Å². The third kappa shape index (κ3) is 22.4. The second-order valence-electron chi connectivity index (χ2n) is 19.6. The molecule has 1 aliphatic carbocycles. The number of unbranched alkanes of at least 4 members (excludes halogenated alkanes) is 2. The van der Waals surface area contributed by atoms with Gasteiger partial charge in [-0.2, -0.15) is 0 Å². The van der Waals surface area contributed by atoms with Gasteiger partial charge in [-0.3, -0.25) is 19.2 Å². The monoisotopic (exact) mass is 893 g/mol. The molecule has 0 aromatic carbocycles. The normalized spacial score (nSPS) is 17.4. The SMILES string of the molecule is C=CCCCC[C@@H](OC[C@@H](C)N)[C@@H](CCC=C)C(=O)N(C)[C@@H](CC(C)C)C(=O)NC(C(=O)N[C@@H](CNC(=O)OC(C)(C)C)C(=O)N[C@H](C(=O)O)[C@H](C)OC(C)(C)C)C1CCCCC1. The Morgan fingerprint density at radius 1 is 0.825 bits per heavy atom. The fourth-order valence-electron chi connectivity index (χ4n) is 7.72. The maximum absolute atomic E-state index is 14.6. The van der Waals surface area contributed by atoms with E-state index in [0.29, 0.717) is 38.5 Å². The molecule has 0 heterocycles. The molecule has 63 heavy (non-hydrogen) atoms. The number of allylic oxidation sites excluding steroid dienone is 2. The lowest BCUT2D eigenvalue weighted by atomic mass is 9.83. The average molecular weight is 893 g/mol. The summed E-state index contributed by atoms with van der Waals surface area (Å²) in [4.78, 5) is 84.4. The summed E-state index contributed by atoms with van der Waals surface area (Å²) >= 11 is 0. The van der Waals surface area contributed by atoms with Crippen LogP contribution in [-0.2, 0) is 38.2 Å². The van der Waals surface area contributed by atoms with E-state index in [1.165, 1.54) is 11.8 Å². The zero-order valence-electron chi connectivity index (χ0n) is 40.4. The van der Waals surface area contributed by atoms with Gasteiger partial charge >= 0.3 is 12.1 Å². The number of aliphatic carboxylic acids is 1. The van der Waals surface area contributed by atoms with E-state index < -0.39 is 89.8 Å². The minimum absolute atomic E-state index is 0.0209. The van der Waals surface area contributed by atoms with Crippen molar-refractivity contribution in [1.82, 2.24) is 26.2 Å². The number of hydrogen-bond acceptors (Lipinski definition) is 10. The van der Waals surface area contributed by atoms with Crippen molar-refractivity contribution in [2.75, 3.05) is 20.2 Å². The minimum atomic E-state index is -1.51. The van der Waals surface area contributed by atoms with Crippen molar-refractivity contribution in [2.45, 2.75) is 200 Å². The maximum atomic E-state index is 14.6. The summed E-state index contributed by atoms with van der Waals surface area (Å²) in [5.41, 5.74) is 4.47. The number of ether oxygens (including phenoxy) is 3. The number of likely N-dealkylation sites (N-methyl/N-ethyl adjacent to an activating group) is 1. The molecule has 0 radical (unpaired) electrons. The quantitative estimate of drug-likeness (QED) is 0.0408. The Balaban J connectivity index is 3.64. The second kappa shape index (κ2) is 28.0. The Kier molecular flexibility index (Phi) is 25.3. The Labute approximate surface area is 378 Å². The van der Waals surface area contributed by atoms with Gasteiger partial charge in [-0.15, -0.1) is 13.2 Å². The van der Waals surface area contributed by atoms with Crippen LogP contribution in [0, 0.1) is 17.8 Å². The first-order valence-corrected chi connectivity index (χ1v) is 23.0. The molecule has 1 rings (SSSR count). The van der Waals surface area contributed by atoms with Crippen molar-refractivity contribution < 1.29 is 48.1 Å². The summed E-state index contributed by atoms with van der Waals surface area (Å²) in [6.45, 7) is 25.0. The lowest BCUT2D eigenvalue weighted by Gasteiger charge is -2.37. The summed E-state index contributed by atoms with van der Waals surface area (Å²) in [6, 6.07) is -5.35. The number of nitrogens with zero attached hydrogens (tertiary/aromatic N) is 1. The molecule has 16 heteroatoms. The van der Waals surface area contributed by atoms with Crippen LogP contribution in [0.15, 0.2) is 25.3 Å². The second-order valence-corrected chi connectivity index (χ2v) is 19.6. The number of nitrogens with one attached hydrogen (secondary N) is 4.